The number of hydrogen-bond donors (Lipinski definition) is 2. The minimum Gasteiger partial charge on any atom is -0.477 e. The molecule has 1 aliphatic heterocycles. The summed E-state index contributed by atoms with van der Waals surface area (Å²) in [7, 11) is 0. The maximum atomic E-state index is 13.2. The van der Waals surface area contributed by atoms with Crippen molar-refractivity contribution in [3.63, 3.8) is 0 Å². The molecule has 0 bridgehead atoms. The molecule has 0 aliphatic carbocycles. The molecule has 33 heavy (non-hydrogen) atoms. The van der Waals surface area contributed by atoms with Crippen LogP contribution in [0.15, 0.2) is 24.4 Å². The van der Waals surface area contributed by atoms with Gasteiger partial charge in [0.2, 0.25) is 0 Å². The summed E-state index contributed by atoms with van der Waals surface area (Å²) in [6.45, 7) is 0.265. The minimum atomic E-state index is -5.08. The van der Waals surface area contributed by atoms with Crippen molar-refractivity contribution in [2.24, 2.45) is 0 Å². The highest BCUT2D eigenvalue weighted by Gasteiger charge is 2.43. The second-order valence-corrected chi connectivity index (χ2v) is 7.43. The molecule has 0 amide bonds. The third-order valence-electron chi connectivity index (χ3n) is 5.30. The zero-order chi connectivity index (χ0) is 24.3. The molecule has 3 N–H and O–H groups in total. The molecule has 3 heterocycles. The van der Waals surface area contributed by atoms with Crippen LogP contribution in [0.2, 0.25) is 0 Å². The highest BCUT2D eigenvalue weighted by atomic mass is 19.4. The van der Waals surface area contributed by atoms with Crippen molar-refractivity contribution in [1.82, 2.24) is 19.5 Å². The number of halogens is 6. The monoisotopic (exact) mass is 475 g/mol. The summed E-state index contributed by atoms with van der Waals surface area (Å²) in [6.07, 6.45) is -8.34. The van der Waals surface area contributed by atoms with Gasteiger partial charge in [-0.1, -0.05) is 0 Å². The van der Waals surface area contributed by atoms with Crippen LogP contribution >= 0.6 is 0 Å². The summed E-state index contributed by atoms with van der Waals surface area (Å²) in [5.41, 5.74) is 5.38. The van der Waals surface area contributed by atoms with Gasteiger partial charge in [-0.05, 0) is 30.7 Å². The van der Waals surface area contributed by atoms with E-state index >= 15 is 0 Å². The Morgan fingerprint density at radius 1 is 1.21 bits per heavy atom. The van der Waals surface area contributed by atoms with E-state index in [2.05, 4.69) is 14.8 Å². The first kappa shape index (κ1) is 22.6. The lowest BCUT2D eigenvalue weighted by atomic mass is 10.0. The van der Waals surface area contributed by atoms with Crippen LogP contribution in [0.5, 0.6) is 5.75 Å². The smallest absolute Gasteiger partial charge is 0.477 e. The number of fused-ring (bicyclic) bond motifs is 2. The van der Waals surface area contributed by atoms with Gasteiger partial charge in [-0.2, -0.15) is 13.2 Å². The van der Waals surface area contributed by atoms with Gasteiger partial charge in [0.1, 0.15) is 17.4 Å². The second kappa shape index (κ2) is 7.50. The van der Waals surface area contributed by atoms with E-state index in [1.54, 1.807) is 0 Å². The maximum absolute atomic E-state index is 13.2. The molecule has 176 valence electrons. The molecule has 8 nitrogen and oxygen atoms in total. The second-order valence-electron chi connectivity index (χ2n) is 7.43. The van der Waals surface area contributed by atoms with Crippen LogP contribution in [-0.4, -0.2) is 49.2 Å². The number of ether oxygens (including phenoxy) is 1. The van der Waals surface area contributed by atoms with Crippen molar-refractivity contribution >= 4 is 17.4 Å². The average molecular weight is 475 g/mol. The highest BCUT2D eigenvalue weighted by Crippen LogP contribution is 2.40. The number of aromatic carboxylic acids is 1. The third-order valence-corrected chi connectivity index (χ3v) is 5.30. The van der Waals surface area contributed by atoms with E-state index in [1.807, 2.05) is 0 Å². The number of nitrogen functional groups attached to an aromatic ring is 1. The number of alkyl halides is 6. The Hall–Kier alpha value is -3.55. The lowest BCUT2D eigenvalue weighted by molar-refractivity contribution is -0.275. The molecule has 0 saturated carbocycles. The Morgan fingerprint density at radius 2 is 1.91 bits per heavy atom. The van der Waals surface area contributed by atoms with Crippen LogP contribution in [-0.2, 0) is 13.1 Å². The number of anilines is 1. The molecule has 1 aromatic carbocycles. The van der Waals surface area contributed by atoms with Crippen LogP contribution < -0.4 is 10.5 Å². The molecule has 2 aromatic heterocycles. The number of nitrogens with zero attached hydrogens (tertiary/aromatic N) is 4. The van der Waals surface area contributed by atoms with Crippen LogP contribution in [0, 0.1) is 0 Å². The van der Waals surface area contributed by atoms with Crippen molar-refractivity contribution in [2.45, 2.75) is 38.6 Å². The Morgan fingerprint density at radius 3 is 2.52 bits per heavy atom. The molecular formula is C19H15F6N5O3. The van der Waals surface area contributed by atoms with Crippen LogP contribution in [0.4, 0.5) is 32.2 Å². The van der Waals surface area contributed by atoms with E-state index in [9.17, 15) is 36.2 Å². The Bertz CT molecular complexity index is 1250. The fourth-order valence-electron chi connectivity index (χ4n) is 3.66. The van der Waals surface area contributed by atoms with E-state index < -0.39 is 42.4 Å². The van der Waals surface area contributed by atoms with Gasteiger partial charge in [0.15, 0.2) is 11.5 Å². The fraction of sp³-hybridized carbons (Fsp3) is 0.316. The number of benzene rings is 1. The predicted molar refractivity (Wildman–Crippen MR) is 101 cm³/mol. The van der Waals surface area contributed by atoms with Gasteiger partial charge in [0.05, 0.1) is 5.69 Å². The van der Waals surface area contributed by atoms with E-state index in [0.717, 1.165) is 22.4 Å². The summed E-state index contributed by atoms with van der Waals surface area (Å²) in [5.74, 6) is -2.36. The number of hydrogen-bond acceptors (Lipinski definition) is 6. The van der Waals surface area contributed by atoms with Gasteiger partial charge in [-0.3, -0.25) is 4.90 Å². The molecule has 0 unspecified atom stereocenters. The van der Waals surface area contributed by atoms with Crippen molar-refractivity contribution < 1.29 is 41.0 Å². The maximum Gasteiger partial charge on any atom is 0.573 e. The molecular weight excluding hydrogens is 460 g/mol. The number of carbonyl (C=O) groups is 1. The number of rotatable bonds is 4. The van der Waals surface area contributed by atoms with E-state index in [4.69, 9.17) is 5.73 Å². The Balaban J connectivity index is 1.82. The lowest BCUT2D eigenvalue weighted by Crippen LogP contribution is -2.40. The zero-order valence-electron chi connectivity index (χ0n) is 16.7. The van der Waals surface area contributed by atoms with Crippen molar-refractivity contribution in [3.8, 4) is 17.0 Å². The van der Waals surface area contributed by atoms with E-state index in [1.165, 1.54) is 18.3 Å². The molecule has 1 atom stereocenters. The van der Waals surface area contributed by atoms with Crippen molar-refractivity contribution in [3.05, 3.63) is 41.1 Å². The van der Waals surface area contributed by atoms with Gasteiger partial charge >= 0.3 is 18.5 Å². The van der Waals surface area contributed by atoms with Crippen LogP contribution in [0.1, 0.15) is 28.4 Å². The lowest BCUT2D eigenvalue weighted by Gasteiger charge is -2.25. The Kier molecular flexibility index (Phi) is 5.15. The highest BCUT2D eigenvalue weighted by molar-refractivity contribution is 5.99. The standard InChI is InChI=1S/C19H15F6N5O3/c1-8(18(20,21)22)29-6-10-4-9(5-13(11(10)7-29)33-19(23,24)25)12-2-3-30-16(27-12)14(17(31)32)15(26)28-30/h2-5,8H,6-7H2,1H3,(H2,26,28)(H,31,32)/t8-/m0/s1. The molecule has 0 fully saturated rings. The largest absolute Gasteiger partial charge is 0.573 e. The number of aromatic nitrogens is 3. The summed E-state index contributed by atoms with van der Waals surface area (Å²) in [6, 6.07) is 1.87. The molecule has 3 aromatic rings. The van der Waals surface area contributed by atoms with Gasteiger partial charge in [0, 0.05) is 30.4 Å². The van der Waals surface area contributed by atoms with Crippen LogP contribution in [0.3, 0.4) is 0 Å². The summed E-state index contributed by atoms with van der Waals surface area (Å²) < 4.78 is 83.8. The molecule has 14 heteroatoms. The molecule has 1 aliphatic rings. The van der Waals surface area contributed by atoms with Gasteiger partial charge in [0.25, 0.3) is 0 Å². The van der Waals surface area contributed by atoms with E-state index in [-0.39, 0.29) is 40.4 Å². The number of carboxylic acid groups (broad SMARTS) is 1. The topological polar surface area (TPSA) is 106 Å². The minimum absolute atomic E-state index is 0.0203. The average Bonchev–Trinajstić information content (AvgIpc) is 3.24. The summed E-state index contributed by atoms with van der Waals surface area (Å²) >= 11 is 0. The quantitative estimate of drug-likeness (QED) is 0.553. The fourth-order valence-corrected chi connectivity index (χ4v) is 3.66. The van der Waals surface area contributed by atoms with Gasteiger partial charge in [-0.15, -0.1) is 18.3 Å². The normalized spacial score (nSPS) is 15.6. The third kappa shape index (κ3) is 4.25. The van der Waals surface area contributed by atoms with Crippen molar-refractivity contribution in [1.29, 1.82) is 0 Å². The van der Waals surface area contributed by atoms with Crippen LogP contribution in [0.25, 0.3) is 16.9 Å². The zero-order valence-corrected chi connectivity index (χ0v) is 16.7. The molecule has 0 spiro atoms. The van der Waals surface area contributed by atoms with Gasteiger partial charge < -0.3 is 15.6 Å². The first-order chi connectivity index (χ1) is 15.2. The van der Waals surface area contributed by atoms with Crippen molar-refractivity contribution in [2.75, 3.05) is 5.73 Å². The summed E-state index contributed by atoms with van der Waals surface area (Å²) in [4.78, 5) is 16.6. The van der Waals surface area contributed by atoms with E-state index in [0.29, 0.717) is 0 Å². The molecule has 0 radical (unpaired) electrons. The van der Waals surface area contributed by atoms with Gasteiger partial charge in [-0.25, -0.2) is 14.3 Å². The number of carboxylic acids is 1. The molecule has 0 saturated heterocycles. The molecule has 4 rings (SSSR count). The predicted octanol–water partition coefficient (Wildman–Crippen LogP) is 3.84. The first-order valence-corrected chi connectivity index (χ1v) is 9.35. The summed E-state index contributed by atoms with van der Waals surface area (Å²) in [5, 5.41) is 13.2. The Labute approximate surface area is 181 Å². The SMILES string of the molecule is C[C@H](N1Cc2cc(-c3ccn4nc(N)c(C(=O)O)c4n3)cc(OC(F)(F)F)c2C1)C(F)(F)F. The first-order valence-electron chi connectivity index (χ1n) is 9.35. The number of nitrogens with two attached hydrogens (primary N) is 1.